The average Bonchev–Trinajstić information content (AvgIpc) is 3.25. The van der Waals surface area contributed by atoms with Gasteiger partial charge < -0.3 is 4.90 Å². The van der Waals surface area contributed by atoms with Gasteiger partial charge in [0.1, 0.15) is 5.69 Å². The van der Waals surface area contributed by atoms with Gasteiger partial charge in [-0.1, -0.05) is 0 Å². The molecule has 7 nitrogen and oxygen atoms in total. The van der Waals surface area contributed by atoms with E-state index in [0.717, 1.165) is 25.1 Å². The fraction of sp³-hybridized carbons (Fsp3) is 0.333. The summed E-state index contributed by atoms with van der Waals surface area (Å²) in [4.78, 5) is 23.1. The van der Waals surface area contributed by atoms with Gasteiger partial charge in [-0.15, -0.1) is 0 Å². The third-order valence-electron chi connectivity index (χ3n) is 4.12. The number of carbonyl (C=O) groups excluding carboxylic acids is 1. The fourth-order valence-corrected chi connectivity index (χ4v) is 3.12. The molecule has 4 heterocycles. The molecule has 0 N–H and O–H groups in total. The molecule has 1 aliphatic rings. The van der Waals surface area contributed by atoms with Gasteiger partial charge in [0.05, 0.1) is 6.04 Å². The molecule has 7 heteroatoms. The van der Waals surface area contributed by atoms with Crippen molar-refractivity contribution in [1.82, 2.24) is 29.0 Å². The molecule has 0 spiro atoms. The summed E-state index contributed by atoms with van der Waals surface area (Å²) in [6.45, 7) is 0.749. The first-order valence-corrected chi connectivity index (χ1v) is 7.32. The molecule has 22 heavy (non-hydrogen) atoms. The van der Waals surface area contributed by atoms with E-state index in [-0.39, 0.29) is 11.9 Å². The van der Waals surface area contributed by atoms with Crippen molar-refractivity contribution in [3.63, 3.8) is 0 Å². The number of rotatable bonds is 2. The summed E-state index contributed by atoms with van der Waals surface area (Å²) in [5.41, 5.74) is 1.54. The van der Waals surface area contributed by atoms with Gasteiger partial charge in [-0.2, -0.15) is 5.10 Å². The molecule has 0 aromatic carbocycles. The van der Waals surface area contributed by atoms with Crippen LogP contribution in [0.15, 0.2) is 36.9 Å². The normalized spacial score (nSPS) is 18.2. The second-order valence-electron chi connectivity index (χ2n) is 5.50. The van der Waals surface area contributed by atoms with Crippen molar-refractivity contribution in [3.05, 3.63) is 48.3 Å². The zero-order valence-electron chi connectivity index (χ0n) is 12.3. The van der Waals surface area contributed by atoms with Gasteiger partial charge in [-0.05, 0) is 25.0 Å². The lowest BCUT2D eigenvalue weighted by atomic mass is 10.1. The summed E-state index contributed by atoms with van der Waals surface area (Å²) >= 11 is 0. The molecule has 1 atom stereocenters. The summed E-state index contributed by atoms with van der Waals surface area (Å²) in [5.74, 6) is 0.641. The topological polar surface area (TPSA) is 68.3 Å². The lowest BCUT2D eigenvalue weighted by molar-refractivity contribution is 0.0725. The lowest BCUT2D eigenvalue weighted by Gasteiger charge is -2.24. The predicted molar refractivity (Wildman–Crippen MR) is 79.2 cm³/mol. The number of hydrogen-bond acceptors (Lipinski definition) is 4. The van der Waals surface area contributed by atoms with Crippen LogP contribution < -0.4 is 0 Å². The van der Waals surface area contributed by atoms with Crippen LogP contribution in [0.3, 0.4) is 0 Å². The average molecular weight is 296 g/mol. The molecule has 112 valence electrons. The van der Waals surface area contributed by atoms with Crippen molar-refractivity contribution in [1.29, 1.82) is 0 Å². The van der Waals surface area contributed by atoms with Gasteiger partial charge in [-0.3, -0.25) is 13.9 Å². The second-order valence-corrected chi connectivity index (χ2v) is 5.50. The van der Waals surface area contributed by atoms with Gasteiger partial charge in [0.2, 0.25) is 5.78 Å². The first kappa shape index (κ1) is 13.0. The summed E-state index contributed by atoms with van der Waals surface area (Å²) in [7, 11) is 1.82. The molecular formula is C15H16N6O. The monoisotopic (exact) mass is 296 g/mol. The minimum absolute atomic E-state index is 0.0202. The summed E-state index contributed by atoms with van der Waals surface area (Å²) < 4.78 is 3.60. The maximum atomic E-state index is 12.7. The van der Waals surface area contributed by atoms with Crippen molar-refractivity contribution in [2.75, 3.05) is 6.54 Å². The first-order chi connectivity index (χ1) is 10.7. The number of aromatic nitrogens is 5. The smallest absolute Gasteiger partial charge is 0.274 e. The molecule has 3 aromatic rings. The van der Waals surface area contributed by atoms with Crippen LogP contribution in [0.25, 0.3) is 5.78 Å². The quantitative estimate of drug-likeness (QED) is 0.717. The molecule has 4 rings (SSSR count). The van der Waals surface area contributed by atoms with Crippen molar-refractivity contribution >= 4 is 11.7 Å². The number of amides is 1. The van der Waals surface area contributed by atoms with E-state index in [1.807, 2.05) is 28.6 Å². The van der Waals surface area contributed by atoms with Gasteiger partial charge in [-0.25, -0.2) is 9.97 Å². The Labute approximate surface area is 127 Å². The van der Waals surface area contributed by atoms with Crippen molar-refractivity contribution in [3.8, 4) is 0 Å². The maximum Gasteiger partial charge on any atom is 0.274 e. The molecule has 1 aliphatic heterocycles. The molecule has 3 aromatic heterocycles. The first-order valence-electron chi connectivity index (χ1n) is 7.32. The minimum Gasteiger partial charge on any atom is -0.329 e. The van der Waals surface area contributed by atoms with E-state index < -0.39 is 0 Å². The maximum absolute atomic E-state index is 12.7. The van der Waals surface area contributed by atoms with E-state index in [1.165, 1.54) is 0 Å². The molecule has 1 amide bonds. The predicted octanol–water partition coefficient (Wildman–Crippen LogP) is 1.44. The van der Waals surface area contributed by atoms with Crippen LogP contribution in [-0.4, -0.2) is 41.5 Å². The number of carbonyl (C=O) groups is 1. The van der Waals surface area contributed by atoms with Crippen LogP contribution in [-0.2, 0) is 7.05 Å². The second kappa shape index (κ2) is 4.94. The van der Waals surface area contributed by atoms with Crippen LogP contribution in [0, 0.1) is 0 Å². The molecule has 0 aliphatic carbocycles. The van der Waals surface area contributed by atoms with Gasteiger partial charge in [0.25, 0.3) is 5.91 Å². The highest BCUT2D eigenvalue weighted by atomic mass is 16.2. The van der Waals surface area contributed by atoms with Gasteiger partial charge >= 0.3 is 0 Å². The Balaban J connectivity index is 1.72. The molecule has 0 radical (unpaired) electrons. The van der Waals surface area contributed by atoms with Gasteiger partial charge in [0.15, 0.2) is 0 Å². The Morgan fingerprint density at radius 3 is 2.91 bits per heavy atom. The van der Waals surface area contributed by atoms with Crippen LogP contribution in [0.2, 0.25) is 0 Å². The van der Waals surface area contributed by atoms with Crippen molar-refractivity contribution in [2.24, 2.45) is 7.05 Å². The Morgan fingerprint density at radius 2 is 2.09 bits per heavy atom. The Hall–Kier alpha value is -2.70. The number of nitrogens with zero attached hydrogens (tertiary/aromatic N) is 6. The number of aryl methyl sites for hydroxylation is 1. The fourth-order valence-electron chi connectivity index (χ4n) is 3.12. The largest absolute Gasteiger partial charge is 0.329 e. The highest BCUT2D eigenvalue weighted by Crippen LogP contribution is 2.32. The van der Waals surface area contributed by atoms with E-state index >= 15 is 0 Å². The molecule has 0 saturated carbocycles. The van der Waals surface area contributed by atoms with Crippen molar-refractivity contribution in [2.45, 2.75) is 18.9 Å². The molecular weight excluding hydrogens is 280 g/mol. The van der Waals surface area contributed by atoms with Crippen LogP contribution in [0.4, 0.5) is 0 Å². The summed E-state index contributed by atoms with van der Waals surface area (Å²) in [6, 6.07) is 3.76. The number of hydrogen-bond donors (Lipinski definition) is 0. The number of imidazole rings is 1. The minimum atomic E-state index is -0.0202. The van der Waals surface area contributed by atoms with Crippen LogP contribution in [0.1, 0.15) is 35.1 Å². The van der Waals surface area contributed by atoms with E-state index in [1.54, 1.807) is 29.3 Å². The summed E-state index contributed by atoms with van der Waals surface area (Å²) in [5, 5.41) is 4.23. The zero-order chi connectivity index (χ0) is 15.1. The lowest BCUT2D eigenvalue weighted by Crippen LogP contribution is -2.31. The molecule has 1 saturated heterocycles. The highest BCUT2D eigenvalue weighted by Gasteiger charge is 2.32. The molecule has 0 bridgehead atoms. The highest BCUT2D eigenvalue weighted by molar-refractivity contribution is 5.92. The standard InChI is InChI=1S/C15H16N6O/c1-19-9-5-11(18-19)14(22)20-8-2-3-12(20)13-4-6-16-15-17-7-10-21(13)15/h4-7,9-10,12H,2-3,8H2,1H3. The van der Waals surface area contributed by atoms with Crippen molar-refractivity contribution < 1.29 is 4.79 Å². The van der Waals surface area contributed by atoms with E-state index in [9.17, 15) is 4.79 Å². The van der Waals surface area contributed by atoms with E-state index in [2.05, 4.69) is 15.1 Å². The van der Waals surface area contributed by atoms with Crippen LogP contribution in [0.5, 0.6) is 0 Å². The van der Waals surface area contributed by atoms with Crippen LogP contribution >= 0.6 is 0 Å². The third kappa shape index (κ3) is 1.97. The van der Waals surface area contributed by atoms with Gasteiger partial charge in [0, 0.05) is 44.1 Å². The Bertz CT molecular complexity index is 835. The number of likely N-dealkylation sites (tertiary alicyclic amines) is 1. The molecule has 1 fully saturated rings. The van der Waals surface area contributed by atoms with E-state index in [4.69, 9.17) is 0 Å². The number of fused-ring (bicyclic) bond motifs is 1. The Kier molecular flexibility index (Phi) is 2.92. The Morgan fingerprint density at radius 1 is 1.23 bits per heavy atom. The molecule has 1 unspecified atom stereocenters. The summed E-state index contributed by atoms with van der Waals surface area (Å²) in [6.07, 6.45) is 9.08. The third-order valence-corrected chi connectivity index (χ3v) is 4.12. The SMILES string of the molecule is Cn1ccc(C(=O)N2CCCC2c2ccnc3nccn23)n1. The zero-order valence-corrected chi connectivity index (χ0v) is 12.3. The van der Waals surface area contributed by atoms with E-state index in [0.29, 0.717) is 11.5 Å².